The van der Waals surface area contributed by atoms with Crippen molar-refractivity contribution in [2.75, 3.05) is 11.9 Å². The van der Waals surface area contributed by atoms with E-state index in [0.29, 0.717) is 51.5 Å². The number of hydrogen-bond donors (Lipinski definition) is 3. The molecule has 3 N–H and O–H groups in total. The van der Waals surface area contributed by atoms with Crippen molar-refractivity contribution in [2.45, 2.75) is 99.9 Å². The molecule has 0 radical (unpaired) electrons. The largest absolute Gasteiger partial charge is 0.573 e. The normalized spacial score (nSPS) is 30.0. The number of anilines is 1. The van der Waals surface area contributed by atoms with Gasteiger partial charge in [-0.3, -0.25) is 19.1 Å². The van der Waals surface area contributed by atoms with E-state index in [4.69, 9.17) is 0 Å². The van der Waals surface area contributed by atoms with Crippen LogP contribution in [0.25, 0.3) is 0 Å². The van der Waals surface area contributed by atoms with Crippen LogP contribution in [0.3, 0.4) is 0 Å². The molecular formula is C29H37F3N4O6S. The van der Waals surface area contributed by atoms with Gasteiger partial charge in [-0.2, -0.15) is 0 Å². The van der Waals surface area contributed by atoms with Gasteiger partial charge in [-0.15, -0.1) is 13.2 Å². The molecule has 236 valence electrons. The van der Waals surface area contributed by atoms with Gasteiger partial charge in [0.1, 0.15) is 23.4 Å². The number of fused-ring (bicyclic) bond motifs is 2. The maximum atomic E-state index is 13.8. The lowest BCUT2D eigenvalue weighted by Gasteiger charge is -2.30. The summed E-state index contributed by atoms with van der Waals surface area (Å²) in [6.07, 6.45) is 4.27. The number of carbonyl (C=O) groups is 3. The Bertz CT molecular complexity index is 1400. The Kier molecular flexibility index (Phi) is 8.45. The summed E-state index contributed by atoms with van der Waals surface area (Å²) in [6, 6.07) is 3.56. The summed E-state index contributed by atoms with van der Waals surface area (Å²) in [4.78, 5) is 42.3. The molecule has 14 heteroatoms. The number of halogens is 3. The van der Waals surface area contributed by atoms with Crippen LogP contribution < -0.4 is 20.1 Å². The van der Waals surface area contributed by atoms with Crippen molar-refractivity contribution in [3.8, 4) is 5.75 Å². The number of carbonyl (C=O) groups excluding carboxylic acids is 3. The number of rotatable bonds is 6. The zero-order chi connectivity index (χ0) is 31.0. The van der Waals surface area contributed by atoms with Gasteiger partial charge in [-0.1, -0.05) is 31.1 Å². The van der Waals surface area contributed by atoms with E-state index >= 15 is 0 Å². The predicted molar refractivity (Wildman–Crippen MR) is 151 cm³/mol. The molecule has 4 aliphatic rings. The Hall–Kier alpha value is -3.29. The van der Waals surface area contributed by atoms with Crippen LogP contribution in [-0.2, 0) is 24.4 Å². The quantitative estimate of drug-likeness (QED) is 0.410. The monoisotopic (exact) mass is 626 g/mol. The summed E-state index contributed by atoms with van der Waals surface area (Å²) in [6.45, 7) is 1.87. The third-order valence-electron chi connectivity index (χ3n) is 8.87. The van der Waals surface area contributed by atoms with Gasteiger partial charge in [0.15, 0.2) is 0 Å². The fourth-order valence-electron chi connectivity index (χ4n) is 5.86. The molecule has 43 heavy (non-hydrogen) atoms. The fraction of sp³-hybridized carbons (Fsp3) is 0.621. The molecular weight excluding hydrogens is 589 g/mol. The van der Waals surface area contributed by atoms with E-state index in [9.17, 15) is 36.0 Å². The van der Waals surface area contributed by atoms with Crippen LogP contribution in [0.4, 0.5) is 18.9 Å². The lowest BCUT2D eigenvalue weighted by Crippen LogP contribution is -2.58. The molecule has 2 heterocycles. The molecule has 1 saturated heterocycles. The average molecular weight is 627 g/mol. The summed E-state index contributed by atoms with van der Waals surface area (Å²) >= 11 is 0. The fourth-order valence-corrected chi connectivity index (χ4v) is 7.17. The summed E-state index contributed by atoms with van der Waals surface area (Å²) in [5.41, 5.74) is -1.16. The second-order valence-electron chi connectivity index (χ2n) is 12.2. The van der Waals surface area contributed by atoms with Gasteiger partial charge >= 0.3 is 6.36 Å². The molecule has 0 spiro atoms. The standard InChI is InChI=1S/C29H37F3N4O6S/c1-27(14-15-27)43(40,41)35-26(39)28-18-19(28)9-5-3-2-4-6-12-22(25(38)36-16-8-13-23(36)24(37)34-28)33-20-10-7-11-21(17-20)42-29(30,31)32/h5,7,9-11,17,19,22-23,33H,2-4,6,8,12-16,18H2,1H3,(H,34,37)(H,35,39)/b9-5-/t19-,22+,23+,28-/m1/s1. The zero-order valence-corrected chi connectivity index (χ0v) is 24.7. The first-order valence-corrected chi connectivity index (χ1v) is 16.2. The van der Waals surface area contributed by atoms with Gasteiger partial charge < -0.3 is 20.3 Å². The molecule has 0 aromatic heterocycles. The molecule has 3 amide bonds. The van der Waals surface area contributed by atoms with E-state index in [-0.39, 0.29) is 23.9 Å². The molecule has 5 rings (SSSR count). The van der Waals surface area contributed by atoms with Gasteiger partial charge in [0, 0.05) is 24.2 Å². The maximum Gasteiger partial charge on any atom is 0.573 e. The highest BCUT2D eigenvalue weighted by Gasteiger charge is 2.63. The average Bonchev–Trinajstić information content (AvgIpc) is 3.78. The topological polar surface area (TPSA) is 134 Å². The Morgan fingerprint density at radius 3 is 2.60 bits per heavy atom. The van der Waals surface area contributed by atoms with Gasteiger partial charge in [0.25, 0.3) is 5.91 Å². The smallest absolute Gasteiger partial charge is 0.406 e. The van der Waals surface area contributed by atoms with Crippen molar-refractivity contribution in [3.05, 3.63) is 36.4 Å². The molecule has 0 unspecified atom stereocenters. The van der Waals surface area contributed by atoms with Crippen molar-refractivity contribution in [3.63, 3.8) is 0 Å². The van der Waals surface area contributed by atoms with Crippen molar-refractivity contribution >= 4 is 33.4 Å². The van der Waals surface area contributed by atoms with Crippen LogP contribution in [0.15, 0.2) is 36.4 Å². The van der Waals surface area contributed by atoms with Crippen molar-refractivity contribution in [1.82, 2.24) is 14.9 Å². The molecule has 2 aliphatic carbocycles. The van der Waals surface area contributed by atoms with Crippen LogP contribution in [0.2, 0.25) is 0 Å². The molecule has 3 fully saturated rings. The Morgan fingerprint density at radius 1 is 1.12 bits per heavy atom. The van der Waals surface area contributed by atoms with E-state index in [1.807, 2.05) is 12.2 Å². The van der Waals surface area contributed by atoms with Crippen LogP contribution >= 0.6 is 0 Å². The second kappa shape index (κ2) is 11.7. The lowest BCUT2D eigenvalue weighted by molar-refractivity contribution is -0.274. The number of alkyl halides is 3. The number of sulfonamides is 1. The minimum Gasteiger partial charge on any atom is -0.406 e. The predicted octanol–water partition coefficient (Wildman–Crippen LogP) is 3.75. The van der Waals surface area contributed by atoms with Gasteiger partial charge in [-0.25, -0.2) is 8.42 Å². The third-order valence-corrected chi connectivity index (χ3v) is 11.0. The Labute approximate surface area is 248 Å². The Morgan fingerprint density at radius 2 is 1.88 bits per heavy atom. The number of hydrogen-bond acceptors (Lipinski definition) is 7. The zero-order valence-electron chi connectivity index (χ0n) is 23.9. The van der Waals surface area contributed by atoms with Gasteiger partial charge in [0.05, 0.1) is 4.75 Å². The lowest BCUT2D eigenvalue weighted by atomic mass is 10.0. The van der Waals surface area contributed by atoms with Gasteiger partial charge in [-0.05, 0) is 70.4 Å². The first-order chi connectivity index (χ1) is 20.2. The van der Waals surface area contributed by atoms with E-state index < -0.39 is 56.3 Å². The number of ether oxygens (including phenoxy) is 1. The van der Waals surface area contributed by atoms with Crippen molar-refractivity contribution < 1.29 is 40.7 Å². The summed E-state index contributed by atoms with van der Waals surface area (Å²) in [5.74, 6) is -2.49. The first kappa shape index (κ1) is 31.1. The number of nitrogens with zero attached hydrogens (tertiary/aromatic N) is 1. The number of benzene rings is 1. The molecule has 2 saturated carbocycles. The first-order valence-electron chi connectivity index (χ1n) is 14.7. The minimum atomic E-state index is -4.86. The highest BCUT2D eigenvalue weighted by Crippen LogP contribution is 2.47. The number of amides is 3. The maximum absolute atomic E-state index is 13.8. The van der Waals surface area contributed by atoms with Crippen molar-refractivity contribution in [2.24, 2.45) is 5.92 Å². The molecule has 4 atom stereocenters. The van der Waals surface area contributed by atoms with Gasteiger partial charge in [0.2, 0.25) is 21.8 Å². The number of allylic oxidation sites excluding steroid dienone is 1. The summed E-state index contributed by atoms with van der Waals surface area (Å²) in [7, 11) is -3.93. The van der Waals surface area contributed by atoms with Crippen molar-refractivity contribution in [1.29, 1.82) is 0 Å². The highest BCUT2D eigenvalue weighted by molar-refractivity contribution is 7.91. The Balaban J connectivity index is 1.36. The van der Waals surface area contributed by atoms with E-state index in [2.05, 4.69) is 20.1 Å². The molecule has 2 aliphatic heterocycles. The molecule has 0 bridgehead atoms. The highest BCUT2D eigenvalue weighted by atomic mass is 32.2. The van der Waals surface area contributed by atoms with Crippen LogP contribution in [-0.4, -0.2) is 66.3 Å². The SMILES string of the molecule is CC1(S(=O)(=O)NC(=O)[C@@]23C[C@H]2/C=C\CCCCC[C@H](Nc2cccc(OC(F)(F)F)c2)C(=O)N2CCC[C@H]2C(=O)N3)CC1. The van der Waals surface area contributed by atoms with E-state index in [0.717, 1.165) is 12.8 Å². The molecule has 1 aromatic rings. The van der Waals surface area contributed by atoms with Crippen LogP contribution in [0, 0.1) is 5.92 Å². The minimum absolute atomic E-state index is 0.245. The van der Waals surface area contributed by atoms with Crippen LogP contribution in [0.1, 0.15) is 71.1 Å². The van der Waals surface area contributed by atoms with E-state index in [1.54, 1.807) is 6.92 Å². The molecule has 10 nitrogen and oxygen atoms in total. The van der Waals surface area contributed by atoms with E-state index in [1.165, 1.54) is 29.2 Å². The molecule has 1 aromatic carbocycles. The number of nitrogens with one attached hydrogen (secondary N) is 3. The summed E-state index contributed by atoms with van der Waals surface area (Å²) in [5, 5.41) is 5.86. The second-order valence-corrected chi connectivity index (χ2v) is 14.4. The van der Waals surface area contributed by atoms with Crippen LogP contribution in [0.5, 0.6) is 5.75 Å². The third kappa shape index (κ3) is 6.94. The summed E-state index contributed by atoms with van der Waals surface area (Å²) < 4.78 is 69.2.